The molecule has 0 spiro atoms. The molecule has 1 aliphatic heterocycles. The molecule has 1 aromatic carbocycles. The molecule has 0 bridgehead atoms. The standard InChI is InChI=1S/C20H24FN7/c1-27-13-14(11-24-27)17-10-19(26-20(22)25-17)23-12-18(28-8-4-5-9-28)15-6-2-3-7-16(15)21/h2-3,6-7,10-11,13,18H,4-5,8-9,12H2,1H3,(H3,22,23,25,26). The van der Waals surface area contributed by atoms with E-state index in [9.17, 15) is 4.39 Å². The fourth-order valence-electron chi connectivity index (χ4n) is 3.69. The Labute approximate surface area is 163 Å². The van der Waals surface area contributed by atoms with Gasteiger partial charge in [-0.05, 0) is 32.0 Å². The summed E-state index contributed by atoms with van der Waals surface area (Å²) in [4.78, 5) is 10.9. The Balaban J connectivity index is 1.57. The van der Waals surface area contributed by atoms with Gasteiger partial charge in [0.2, 0.25) is 5.95 Å². The lowest BCUT2D eigenvalue weighted by atomic mass is 10.0. The number of hydrogen-bond donors (Lipinski definition) is 2. The van der Waals surface area contributed by atoms with Crippen molar-refractivity contribution in [1.29, 1.82) is 0 Å². The molecule has 3 heterocycles. The summed E-state index contributed by atoms with van der Waals surface area (Å²) in [5, 5.41) is 7.51. The van der Waals surface area contributed by atoms with E-state index in [4.69, 9.17) is 5.73 Å². The molecule has 1 saturated heterocycles. The molecule has 7 nitrogen and oxygen atoms in total. The first-order valence-electron chi connectivity index (χ1n) is 9.46. The van der Waals surface area contributed by atoms with Crippen LogP contribution in [0.15, 0.2) is 42.7 Å². The molecule has 1 unspecified atom stereocenters. The molecule has 3 aromatic rings. The number of nitrogen functional groups attached to an aromatic ring is 1. The molecule has 0 radical (unpaired) electrons. The van der Waals surface area contributed by atoms with Crippen LogP contribution >= 0.6 is 0 Å². The zero-order valence-electron chi connectivity index (χ0n) is 15.8. The molecule has 1 fully saturated rings. The summed E-state index contributed by atoms with van der Waals surface area (Å²) in [5.41, 5.74) is 8.17. The first-order valence-corrected chi connectivity index (χ1v) is 9.46. The van der Waals surface area contributed by atoms with Crippen molar-refractivity contribution in [3.8, 4) is 11.3 Å². The molecule has 146 valence electrons. The number of aromatic nitrogens is 4. The average Bonchev–Trinajstić information content (AvgIpc) is 3.35. The molecule has 0 aliphatic carbocycles. The third-order valence-electron chi connectivity index (χ3n) is 5.07. The van der Waals surface area contributed by atoms with Gasteiger partial charge in [0.25, 0.3) is 0 Å². The summed E-state index contributed by atoms with van der Waals surface area (Å²) in [6.07, 6.45) is 5.88. The number of benzene rings is 1. The molecule has 1 atom stereocenters. The van der Waals surface area contributed by atoms with Crippen LogP contribution in [-0.4, -0.2) is 44.3 Å². The third kappa shape index (κ3) is 3.96. The number of nitrogens with zero attached hydrogens (tertiary/aromatic N) is 5. The van der Waals surface area contributed by atoms with Crippen molar-refractivity contribution in [3.05, 3.63) is 54.1 Å². The summed E-state index contributed by atoms with van der Waals surface area (Å²) in [5.74, 6) is 0.624. The highest BCUT2D eigenvalue weighted by atomic mass is 19.1. The van der Waals surface area contributed by atoms with Gasteiger partial charge in [0.1, 0.15) is 11.6 Å². The van der Waals surface area contributed by atoms with E-state index < -0.39 is 0 Å². The van der Waals surface area contributed by atoms with Gasteiger partial charge in [0, 0.05) is 37.0 Å². The van der Waals surface area contributed by atoms with Gasteiger partial charge >= 0.3 is 0 Å². The Morgan fingerprint density at radius 2 is 2.00 bits per heavy atom. The van der Waals surface area contributed by atoms with E-state index in [0.29, 0.717) is 23.6 Å². The summed E-state index contributed by atoms with van der Waals surface area (Å²) >= 11 is 0. The van der Waals surface area contributed by atoms with Crippen molar-refractivity contribution < 1.29 is 4.39 Å². The minimum Gasteiger partial charge on any atom is -0.368 e. The van der Waals surface area contributed by atoms with Crippen molar-refractivity contribution in [1.82, 2.24) is 24.6 Å². The molecular weight excluding hydrogens is 357 g/mol. The van der Waals surface area contributed by atoms with Crippen molar-refractivity contribution in [2.24, 2.45) is 7.05 Å². The lowest BCUT2D eigenvalue weighted by molar-refractivity contribution is 0.250. The number of likely N-dealkylation sites (tertiary alicyclic amines) is 1. The van der Waals surface area contributed by atoms with Gasteiger partial charge in [-0.15, -0.1) is 0 Å². The van der Waals surface area contributed by atoms with Gasteiger partial charge in [0.15, 0.2) is 0 Å². The summed E-state index contributed by atoms with van der Waals surface area (Å²) in [6, 6.07) is 8.75. The van der Waals surface area contributed by atoms with E-state index in [-0.39, 0.29) is 17.8 Å². The molecule has 28 heavy (non-hydrogen) atoms. The smallest absolute Gasteiger partial charge is 0.222 e. The summed E-state index contributed by atoms with van der Waals surface area (Å²) < 4.78 is 16.2. The summed E-state index contributed by atoms with van der Waals surface area (Å²) in [6.45, 7) is 2.46. The molecule has 8 heteroatoms. The van der Waals surface area contributed by atoms with Gasteiger partial charge < -0.3 is 11.1 Å². The first kappa shape index (κ1) is 18.4. The van der Waals surface area contributed by atoms with Crippen molar-refractivity contribution in [3.63, 3.8) is 0 Å². The minimum absolute atomic E-state index is 0.0678. The molecular formula is C20H24FN7. The van der Waals surface area contributed by atoms with Crippen LogP contribution in [0.4, 0.5) is 16.2 Å². The lowest BCUT2D eigenvalue weighted by Gasteiger charge is -2.28. The average molecular weight is 381 g/mol. The minimum atomic E-state index is -0.181. The van der Waals surface area contributed by atoms with Crippen LogP contribution in [0.1, 0.15) is 24.4 Å². The third-order valence-corrected chi connectivity index (χ3v) is 5.07. The van der Waals surface area contributed by atoms with Crippen LogP contribution in [0.5, 0.6) is 0 Å². The Morgan fingerprint density at radius 1 is 1.21 bits per heavy atom. The number of anilines is 2. The molecule has 0 saturated carbocycles. The van der Waals surface area contributed by atoms with E-state index in [1.807, 2.05) is 31.4 Å². The van der Waals surface area contributed by atoms with Crippen LogP contribution in [0.3, 0.4) is 0 Å². The first-order chi connectivity index (χ1) is 13.6. The Bertz CT molecular complexity index is 949. The van der Waals surface area contributed by atoms with Crippen LogP contribution in [0.2, 0.25) is 0 Å². The topological polar surface area (TPSA) is 84.9 Å². The number of nitrogens with one attached hydrogen (secondary N) is 1. The number of halogens is 1. The van der Waals surface area contributed by atoms with Crippen LogP contribution in [0, 0.1) is 5.82 Å². The molecule has 0 amide bonds. The second-order valence-electron chi connectivity index (χ2n) is 7.06. The van der Waals surface area contributed by atoms with E-state index in [2.05, 4.69) is 25.3 Å². The highest BCUT2D eigenvalue weighted by Crippen LogP contribution is 2.28. The quantitative estimate of drug-likeness (QED) is 0.683. The van der Waals surface area contributed by atoms with Crippen LogP contribution < -0.4 is 11.1 Å². The van der Waals surface area contributed by atoms with Gasteiger partial charge in [0.05, 0.1) is 17.9 Å². The monoisotopic (exact) mass is 381 g/mol. The Kier molecular flexibility index (Phi) is 5.21. The summed E-state index contributed by atoms with van der Waals surface area (Å²) in [7, 11) is 1.85. The van der Waals surface area contributed by atoms with Gasteiger partial charge in [-0.2, -0.15) is 10.1 Å². The molecule has 1 aliphatic rings. The largest absolute Gasteiger partial charge is 0.368 e. The van der Waals surface area contributed by atoms with Gasteiger partial charge in [-0.3, -0.25) is 9.58 Å². The van der Waals surface area contributed by atoms with Crippen molar-refractivity contribution in [2.45, 2.75) is 18.9 Å². The normalized spacial score (nSPS) is 15.6. The SMILES string of the molecule is Cn1cc(-c2cc(NCC(c3ccccc3F)N3CCCC3)nc(N)n2)cn1. The van der Waals surface area contributed by atoms with E-state index in [1.165, 1.54) is 6.07 Å². The maximum Gasteiger partial charge on any atom is 0.222 e. The zero-order valence-corrected chi connectivity index (χ0v) is 15.8. The van der Waals surface area contributed by atoms with Crippen LogP contribution in [-0.2, 0) is 7.05 Å². The van der Waals surface area contributed by atoms with Crippen molar-refractivity contribution >= 4 is 11.8 Å². The van der Waals surface area contributed by atoms with E-state index in [0.717, 1.165) is 31.5 Å². The number of nitrogens with two attached hydrogens (primary N) is 1. The fourth-order valence-corrected chi connectivity index (χ4v) is 3.69. The Hall–Kier alpha value is -3.00. The predicted molar refractivity (Wildman–Crippen MR) is 107 cm³/mol. The van der Waals surface area contributed by atoms with E-state index >= 15 is 0 Å². The van der Waals surface area contributed by atoms with E-state index in [1.54, 1.807) is 16.9 Å². The van der Waals surface area contributed by atoms with Crippen molar-refractivity contribution in [2.75, 3.05) is 30.7 Å². The number of hydrogen-bond acceptors (Lipinski definition) is 6. The second kappa shape index (κ2) is 7.93. The predicted octanol–water partition coefficient (Wildman–Crippen LogP) is 2.85. The van der Waals surface area contributed by atoms with Crippen LogP contribution in [0.25, 0.3) is 11.3 Å². The number of aryl methyl sites for hydroxylation is 1. The fraction of sp³-hybridized carbons (Fsp3) is 0.350. The highest BCUT2D eigenvalue weighted by molar-refractivity contribution is 5.62. The number of rotatable bonds is 6. The lowest BCUT2D eigenvalue weighted by Crippen LogP contribution is -2.31. The van der Waals surface area contributed by atoms with Gasteiger partial charge in [-0.1, -0.05) is 18.2 Å². The zero-order chi connectivity index (χ0) is 19.5. The maximum atomic E-state index is 14.5. The molecule has 4 rings (SSSR count). The Morgan fingerprint density at radius 3 is 2.71 bits per heavy atom. The molecule has 2 aromatic heterocycles. The second-order valence-corrected chi connectivity index (χ2v) is 7.06. The maximum absolute atomic E-state index is 14.5. The highest BCUT2D eigenvalue weighted by Gasteiger charge is 2.25. The molecule has 3 N–H and O–H groups in total. The van der Waals surface area contributed by atoms with Gasteiger partial charge in [-0.25, -0.2) is 9.37 Å².